The van der Waals surface area contributed by atoms with E-state index in [1.54, 1.807) is 0 Å². The molecule has 0 aromatic carbocycles. The van der Waals surface area contributed by atoms with Crippen molar-refractivity contribution in [1.82, 2.24) is 5.32 Å². The first-order valence-electron chi connectivity index (χ1n) is 15.5. The summed E-state index contributed by atoms with van der Waals surface area (Å²) in [5.74, 6) is 0. The van der Waals surface area contributed by atoms with Gasteiger partial charge in [0, 0.05) is 0 Å². The topological polar surface area (TPSA) is 66.4 Å². The fourth-order valence-corrected chi connectivity index (χ4v) is 5.47. The summed E-state index contributed by atoms with van der Waals surface area (Å²) in [5.41, 5.74) is 0. The molecule has 0 bridgehead atoms. The highest BCUT2D eigenvalue weighted by Crippen LogP contribution is 2.32. The predicted octanol–water partition coefficient (Wildman–Crippen LogP) is 10.2. The molecule has 0 radical (unpaired) electrons. The van der Waals surface area contributed by atoms with Gasteiger partial charge < -0.3 is 5.32 Å². The zero-order valence-corrected chi connectivity index (χ0v) is 25.5. The van der Waals surface area contributed by atoms with E-state index in [1.165, 1.54) is 96.3 Å². The Morgan fingerprint density at radius 2 is 0.722 bits per heavy atom. The van der Waals surface area contributed by atoms with Crippen molar-refractivity contribution in [2.24, 2.45) is 0 Å². The van der Waals surface area contributed by atoms with Crippen LogP contribution in [0.4, 0.5) is 4.39 Å². The van der Waals surface area contributed by atoms with Crippen LogP contribution < -0.4 is 5.32 Å². The summed E-state index contributed by atoms with van der Waals surface area (Å²) in [7, 11) is -0.907. The van der Waals surface area contributed by atoms with Crippen molar-refractivity contribution in [3.8, 4) is 0 Å². The van der Waals surface area contributed by atoms with Gasteiger partial charge in [-0.15, -0.1) is 0 Å². The minimum absolute atomic E-state index is 0.0686. The Kier molecular flexibility index (Phi) is 29.3. The largest absolute Gasteiger partial charge is 0.323 e. The van der Waals surface area contributed by atoms with E-state index in [-0.39, 0.29) is 12.8 Å². The molecule has 0 amide bonds. The van der Waals surface area contributed by atoms with Crippen LogP contribution in [0, 0.1) is 0 Å². The average molecular weight is 538 g/mol. The molecular weight excluding hydrogens is 473 g/mol. The summed E-state index contributed by atoms with van der Waals surface area (Å²) in [6.45, 7) is 4.46. The maximum absolute atomic E-state index is 15.0. The van der Waals surface area contributed by atoms with E-state index < -0.39 is 15.1 Å². The molecule has 0 saturated heterocycles. The molecule has 6 heteroatoms. The first-order chi connectivity index (χ1) is 17.3. The summed E-state index contributed by atoms with van der Waals surface area (Å²) in [6, 6.07) is 0. The van der Waals surface area contributed by atoms with Crippen LogP contribution in [0.15, 0.2) is 0 Å². The highest BCUT2D eigenvalue weighted by Gasteiger charge is 2.42. The third-order valence-corrected chi connectivity index (χ3v) is 8.35. The van der Waals surface area contributed by atoms with Gasteiger partial charge in [0.25, 0.3) is 10.1 Å². The molecule has 0 aliphatic carbocycles. The predicted molar refractivity (Wildman–Crippen MR) is 157 cm³/mol. The minimum atomic E-state index is -4.66. The van der Waals surface area contributed by atoms with E-state index in [9.17, 15) is 13.0 Å². The maximum atomic E-state index is 15.0. The van der Waals surface area contributed by atoms with Crippen molar-refractivity contribution >= 4 is 10.1 Å². The number of halogens is 1. The SMILES string of the molecule is CCCCCCCCCCCCCCCCC(F)(CCCCCCCCCCC)S(=O)(=O)O.CNC. The van der Waals surface area contributed by atoms with Gasteiger partial charge in [0.1, 0.15) is 0 Å². The Morgan fingerprint density at radius 1 is 0.528 bits per heavy atom. The van der Waals surface area contributed by atoms with Gasteiger partial charge in [0.2, 0.25) is 5.00 Å². The van der Waals surface area contributed by atoms with Crippen LogP contribution in [0.2, 0.25) is 0 Å². The highest BCUT2D eigenvalue weighted by atomic mass is 32.2. The third kappa shape index (κ3) is 25.4. The van der Waals surface area contributed by atoms with Crippen molar-refractivity contribution in [2.45, 2.75) is 179 Å². The number of unbranched alkanes of at least 4 members (excludes halogenated alkanes) is 21. The zero-order chi connectivity index (χ0) is 27.4. The monoisotopic (exact) mass is 537 g/mol. The Balaban J connectivity index is 0. The summed E-state index contributed by atoms with van der Waals surface area (Å²) in [5, 5.41) is 0.297. The van der Waals surface area contributed by atoms with Gasteiger partial charge >= 0.3 is 0 Å². The smallest absolute Gasteiger partial charge is 0.300 e. The lowest BCUT2D eigenvalue weighted by atomic mass is 10.0. The first-order valence-corrected chi connectivity index (χ1v) is 17.0. The summed E-state index contributed by atoms with van der Waals surface area (Å²) >= 11 is 0. The van der Waals surface area contributed by atoms with Gasteiger partial charge in [-0.3, -0.25) is 4.55 Å². The van der Waals surface area contributed by atoms with Crippen LogP contribution in [-0.4, -0.2) is 32.1 Å². The van der Waals surface area contributed by atoms with Crippen LogP contribution in [0.3, 0.4) is 0 Å². The zero-order valence-electron chi connectivity index (χ0n) is 24.7. The molecule has 2 N–H and O–H groups in total. The number of hydrogen-bond donors (Lipinski definition) is 2. The van der Waals surface area contributed by atoms with Crippen molar-refractivity contribution in [1.29, 1.82) is 0 Å². The molecule has 0 fully saturated rings. The molecular formula is C30H64FNO3S. The molecule has 0 aliphatic rings. The third-order valence-electron chi connectivity index (χ3n) is 7.02. The second-order valence-electron chi connectivity index (χ2n) is 10.8. The molecule has 0 heterocycles. The van der Waals surface area contributed by atoms with Crippen LogP contribution in [0.25, 0.3) is 0 Å². The Bertz CT molecular complexity index is 530. The molecule has 4 nitrogen and oxygen atoms in total. The van der Waals surface area contributed by atoms with E-state index in [0.29, 0.717) is 12.8 Å². The van der Waals surface area contributed by atoms with Crippen LogP contribution in [-0.2, 0) is 10.1 Å². The molecule has 0 aliphatic heterocycles. The van der Waals surface area contributed by atoms with Gasteiger partial charge in [-0.05, 0) is 39.8 Å². The second-order valence-corrected chi connectivity index (χ2v) is 12.5. The molecule has 1 atom stereocenters. The van der Waals surface area contributed by atoms with E-state index in [1.807, 2.05) is 14.1 Å². The van der Waals surface area contributed by atoms with E-state index in [0.717, 1.165) is 38.5 Å². The lowest BCUT2D eigenvalue weighted by Crippen LogP contribution is -2.33. The van der Waals surface area contributed by atoms with Crippen molar-refractivity contribution in [3.63, 3.8) is 0 Å². The number of alkyl halides is 1. The second kappa shape index (κ2) is 27.8. The normalized spacial score (nSPS) is 13.3. The first kappa shape index (κ1) is 37.9. The van der Waals surface area contributed by atoms with Crippen molar-refractivity contribution in [2.75, 3.05) is 14.1 Å². The summed E-state index contributed by atoms with van der Waals surface area (Å²) < 4.78 is 47.8. The standard InChI is InChI=1S/C28H57FO3S.C2H7N/c1-3-5-7-9-11-13-14-15-16-17-19-21-23-25-27-28(29,33(30,31)32)26-24-22-20-18-12-10-8-6-4-2;1-3-2/h3-27H2,1-2H3,(H,30,31,32);3H,1-2H3. The van der Waals surface area contributed by atoms with Gasteiger partial charge in [0.05, 0.1) is 0 Å². The average Bonchev–Trinajstić information content (AvgIpc) is 2.83. The number of nitrogens with one attached hydrogen (secondary N) is 1. The van der Waals surface area contributed by atoms with Crippen LogP contribution >= 0.6 is 0 Å². The molecule has 0 spiro atoms. The number of rotatable bonds is 26. The fourth-order valence-electron chi connectivity index (χ4n) is 4.67. The van der Waals surface area contributed by atoms with E-state index in [4.69, 9.17) is 0 Å². The van der Waals surface area contributed by atoms with Crippen LogP contribution in [0.5, 0.6) is 0 Å². The quantitative estimate of drug-likeness (QED) is 0.0850. The van der Waals surface area contributed by atoms with Crippen molar-refractivity contribution < 1.29 is 17.4 Å². The molecule has 220 valence electrons. The molecule has 36 heavy (non-hydrogen) atoms. The van der Waals surface area contributed by atoms with Gasteiger partial charge in [0.15, 0.2) is 0 Å². The lowest BCUT2D eigenvalue weighted by Gasteiger charge is -2.22. The Hall–Kier alpha value is -0.200. The molecule has 1 unspecified atom stereocenters. The molecule has 0 aromatic rings. The Morgan fingerprint density at radius 3 is 0.917 bits per heavy atom. The van der Waals surface area contributed by atoms with Crippen LogP contribution in [0.1, 0.15) is 174 Å². The maximum Gasteiger partial charge on any atom is 0.300 e. The summed E-state index contributed by atoms with van der Waals surface area (Å²) in [6.07, 6.45) is 26.5. The summed E-state index contributed by atoms with van der Waals surface area (Å²) in [4.78, 5) is 0. The lowest BCUT2D eigenvalue weighted by molar-refractivity contribution is 0.203. The van der Waals surface area contributed by atoms with Crippen molar-refractivity contribution in [3.05, 3.63) is 0 Å². The minimum Gasteiger partial charge on any atom is -0.323 e. The highest BCUT2D eigenvalue weighted by molar-refractivity contribution is 7.87. The molecule has 0 saturated carbocycles. The molecule has 0 rings (SSSR count). The Labute approximate surface area is 226 Å². The number of hydrogen-bond acceptors (Lipinski definition) is 3. The van der Waals surface area contributed by atoms with E-state index >= 15 is 4.39 Å². The molecule has 0 aromatic heterocycles. The fraction of sp³-hybridized carbons (Fsp3) is 1.00. The van der Waals surface area contributed by atoms with Gasteiger partial charge in [-0.2, -0.15) is 8.42 Å². The van der Waals surface area contributed by atoms with E-state index in [2.05, 4.69) is 19.2 Å². The van der Waals surface area contributed by atoms with Gasteiger partial charge in [-0.1, -0.05) is 149 Å². The van der Waals surface area contributed by atoms with Gasteiger partial charge in [-0.25, -0.2) is 4.39 Å².